The van der Waals surface area contributed by atoms with Gasteiger partial charge in [0.15, 0.2) is 0 Å². The molecule has 0 aliphatic carbocycles. The van der Waals surface area contributed by atoms with Gasteiger partial charge in [-0.15, -0.1) is 12.4 Å². The standard InChI is InChI=1S/C15H20N4O3.ClH/c20-15(18-8-7-11-5-6-12(10-18)17-11)9-16-13-3-1-2-4-14(13)19(21)22;/h1-4,11-12,16-17H,5-10H2;1H. The maximum atomic E-state index is 12.3. The number of para-hydroxylation sites is 2. The van der Waals surface area contributed by atoms with Crippen LogP contribution in [0, 0.1) is 10.1 Å². The number of rotatable bonds is 4. The average Bonchev–Trinajstić information content (AvgIpc) is 2.84. The molecule has 2 bridgehead atoms. The van der Waals surface area contributed by atoms with Crippen molar-refractivity contribution in [2.75, 3.05) is 25.0 Å². The van der Waals surface area contributed by atoms with Gasteiger partial charge in [-0.3, -0.25) is 14.9 Å². The second-order valence-electron chi connectivity index (χ2n) is 5.89. The van der Waals surface area contributed by atoms with E-state index in [2.05, 4.69) is 10.6 Å². The SMILES string of the molecule is Cl.O=C(CNc1ccccc1[N+](=O)[O-])N1CCC2CCC(C1)N2. The molecule has 0 radical (unpaired) electrons. The molecule has 2 N–H and O–H groups in total. The van der Waals surface area contributed by atoms with Crippen LogP contribution in [0.2, 0.25) is 0 Å². The van der Waals surface area contributed by atoms with Crippen LogP contribution in [0.3, 0.4) is 0 Å². The molecule has 2 saturated heterocycles. The van der Waals surface area contributed by atoms with E-state index in [9.17, 15) is 14.9 Å². The second kappa shape index (κ2) is 7.61. The number of nitro groups is 1. The summed E-state index contributed by atoms with van der Waals surface area (Å²) in [6, 6.07) is 7.31. The fraction of sp³-hybridized carbons (Fsp3) is 0.533. The van der Waals surface area contributed by atoms with Gasteiger partial charge in [0.2, 0.25) is 5.91 Å². The molecule has 7 nitrogen and oxygen atoms in total. The number of carbonyl (C=O) groups is 1. The number of benzene rings is 1. The Morgan fingerprint density at radius 2 is 2.04 bits per heavy atom. The Labute approximate surface area is 141 Å². The van der Waals surface area contributed by atoms with Gasteiger partial charge in [0, 0.05) is 31.2 Å². The Morgan fingerprint density at radius 1 is 1.30 bits per heavy atom. The summed E-state index contributed by atoms with van der Waals surface area (Å²) < 4.78 is 0. The van der Waals surface area contributed by atoms with E-state index in [1.54, 1.807) is 18.2 Å². The van der Waals surface area contributed by atoms with E-state index in [-0.39, 0.29) is 30.5 Å². The molecule has 1 aromatic rings. The van der Waals surface area contributed by atoms with Gasteiger partial charge < -0.3 is 15.5 Å². The number of fused-ring (bicyclic) bond motifs is 2. The third-order valence-corrected chi connectivity index (χ3v) is 4.41. The summed E-state index contributed by atoms with van der Waals surface area (Å²) in [5.41, 5.74) is 0.377. The Bertz CT molecular complexity index is 584. The first-order chi connectivity index (χ1) is 10.6. The Morgan fingerprint density at radius 3 is 2.83 bits per heavy atom. The zero-order valence-electron chi connectivity index (χ0n) is 12.7. The molecule has 2 unspecified atom stereocenters. The molecule has 1 aromatic carbocycles. The normalized spacial score (nSPS) is 22.9. The lowest BCUT2D eigenvalue weighted by atomic mass is 10.1. The molecule has 126 valence electrons. The van der Waals surface area contributed by atoms with E-state index in [0.717, 1.165) is 25.9 Å². The molecule has 1 amide bonds. The summed E-state index contributed by atoms with van der Waals surface area (Å²) in [6.07, 6.45) is 3.29. The molecular weight excluding hydrogens is 320 g/mol. The Kier molecular flexibility index (Phi) is 5.79. The van der Waals surface area contributed by atoms with Gasteiger partial charge in [0.1, 0.15) is 5.69 Å². The van der Waals surface area contributed by atoms with Crippen molar-refractivity contribution in [1.29, 1.82) is 0 Å². The minimum absolute atomic E-state index is 0. The topological polar surface area (TPSA) is 87.5 Å². The second-order valence-corrected chi connectivity index (χ2v) is 5.89. The fourth-order valence-electron chi connectivity index (χ4n) is 3.23. The van der Waals surface area contributed by atoms with E-state index in [1.807, 2.05) is 4.90 Å². The predicted octanol–water partition coefficient (Wildman–Crippen LogP) is 1.78. The summed E-state index contributed by atoms with van der Waals surface area (Å²) in [6.45, 7) is 1.57. The van der Waals surface area contributed by atoms with Crippen LogP contribution in [0.4, 0.5) is 11.4 Å². The molecule has 2 fully saturated rings. The summed E-state index contributed by atoms with van der Waals surface area (Å²) >= 11 is 0. The molecule has 2 heterocycles. The van der Waals surface area contributed by atoms with E-state index < -0.39 is 4.92 Å². The van der Waals surface area contributed by atoms with Crippen molar-refractivity contribution in [2.45, 2.75) is 31.3 Å². The van der Waals surface area contributed by atoms with Crippen LogP contribution in [0.5, 0.6) is 0 Å². The highest BCUT2D eigenvalue weighted by molar-refractivity contribution is 5.85. The van der Waals surface area contributed by atoms with Crippen LogP contribution < -0.4 is 10.6 Å². The lowest BCUT2D eigenvalue weighted by Crippen LogP contribution is -2.41. The molecular formula is C15H21ClN4O3. The summed E-state index contributed by atoms with van der Waals surface area (Å²) in [5, 5.41) is 17.4. The number of halogens is 1. The van der Waals surface area contributed by atoms with Crippen molar-refractivity contribution in [1.82, 2.24) is 10.2 Å². The highest BCUT2D eigenvalue weighted by Gasteiger charge is 2.31. The number of likely N-dealkylation sites (tertiary alicyclic amines) is 1. The van der Waals surface area contributed by atoms with Crippen molar-refractivity contribution in [3.05, 3.63) is 34.4 Å². The number of hydrogen-bond donors (Lipinski definition) is 2. The molecule has 0 aromatic heterocycles. The van der Waals surface area contributed by atoms with Crippen molar-refractivity contribution < 1.29 is 9.72 Å². The molecule has 2 atom stereocenters. The largest absolute Gasteiger partial charge is 0.371 e. The Balaban J connectivity index is 0.00000192. The first-order valence-corrected chi connectivity index (χ1v) is 7.64. The number of hydrogen-bond acceptors (Lipinski definition) is 5. The number of nitrogens with zero attached hydrogens (tertiary/aromatic N) is 2. The zero-order valence-corrected chi connectivity index (χ0v) is 13.6. The minimum Gasteiger partial charge on any atom is -0.371 e. The summed E-state index contributed by atoms with van der Waals surface area (Å²) in [5.74, 6) is -0.00694. The minimum atomic E-state index is -0.443. The highest BCUT2D eigenvalue weighted by atomic mass is 35.5. The number of nitro benzene ring substituents is 1. The lowest BCUT2D eigenvalue weighted by molar-refractivity contribution is -0.383. The smallest absolute Gasteiger partial charge is 0.292 e. The quantitative estimate of drug-likeness (QED) is 0.644. The third-order valence-electron chi connectivity index (χ3n) is 4.41. The molecule has 2 aliphatic heterocycles. The van der Waals surface area contributed by atoms with E-state index in [4.69, 9.17) is 0 Å². The van der Waals surface area contributed by atoms with Gasteiger partial charge in [0.25, 0.3) is 5.69 Å². The third kappa shape index (κ3) is 4.11. The van der Waals surface area contributed by atoms with E-state index in [1.165, 1.54) is 12.5 Å². The number of nitrogens with one attached hydrogen (secondary N) is 2. The van der Waals surface area contributed by atoms with Crippen molar-refractivity contribution >= 4 is 29.7 Å². The summed E-state index contributed by atoms with van der Waals surface area (Å²) in [4.78, 5) is 24.7. The van der Waals surface area contributed by atoms with Crippen LogP contribution in [-0.4, -0.2) is 47.4 Å². The van der Waals surface area contributed by atoms with Crippen LogP contribution in [-0.2, 0) is 4.79 Å². The van der Waals surface area contributed by atoms with Gasteiger partial charge in [0.05, 0.1) is 11.5 Å². The number of carbonyl (C=O) groups excluding carboxylic acids is 1. The molecule has 23 heavy (non-hydrogen) atoms. The lowest BCUT2D eigenvalue weighted by Gasteiger charge is -2.24. The number of anilines is 1. The van der Waals surface area contributed by atoms with Crippen molar-refractivity contribution in [3.8, 4) is 0 Å². The van der Waals surface area contributed by atoms with Crippen molar-refractivity contribution in [3.63, 3.8) is 0 Å². The highest BCUT2D eigenvalue weighted by Crippen LogP contribution is 2.23. The number of amides is 1. The molecule has 8 heteroatoms. The Hall–Kier alpha value is -1.86. The van der Waals surface area contributed by atoms with Crippen LogP contribution in [0.1, 0.15) is 19.3 Å². The molecule has 0 saturated carbocycles. The molecule has 0 spiro atoms. The molecule has 3 rings (SSSR count). The zero-order chi connectivity index (χ0) is 15.5. The van der Waals surface area contributed by atoms with Gasteiger partial charge in [-0.05, 0) is 25.3 Å². The van der Waals surface area contributed by atoms with Crippen LogP contribution >= 0.6 is 12.4 Å². The van der Waals surface area contributed by atoms with Gasteiger partial charge in [-0.1, -0.05) is 12.1 Å². The summed E-state index contributed by atoms with van der Waals surface area (Å²) in [7, 11) is 0. The van der Waals surface area contributed by atoms with Gasteiger partial charge >= 0.3 is 0 Å². The maximum Gasteiger partial charge on any atom is 0.292 e. The van der Waals surface area contributed by atoms with Gasteiger partial charge in [-0.25, -0.2) is 0 Å². The first-order valence-electron chi connectivity index (χ1n) is 7.64. The van der Waals surface area contributed by atoms with Crippen LogP contribution in [0.15, 0.2) is 24.3 Å². The van der Waals surface area contributed by atoms with Crippen LogP contribution in [0.25, 0.3) is 0 Å². The predicted molar refractivity (Wildman–Crippen MR) is 90.0 cm³/mol. The van der Waals surface area contributed by atoms with E-state index in [0.29, 0.717) is 17.8 Å². The monoisotopic (exact) mass is 340 g/mol. The average molecular weight is 341 g/mol. The van der Waals surface area contributed by atoms with Gasteiger partial charge in [-0.2, -0.15) is 0 Å². The van der Waals surface area contributed by atoms with Crippen molar-refractivity contribution in [2.24, 2.45) is 0 Å². The molecule has 2 aliphatic rings. The fourth-order valence-corrected chi connectivity index (χ4v) is 3.23. The first kappa shape index (κ1) is 17.5. The van der Waals surface area contributed by atoms with E-state index >= 15 is 0 Å². The maximum absolute atomic E-state index is 12.3.